The van der Waals surface area contributed by atoms with Crippen LogP contribution in [0.25, 0.3) is 0 Å². The standard InChI is InChI=1S/C15H14Cl2N2O2/c1-21-15(20)19-12-7-5-11(6-8-12)18-9-10-3-2-4-13(16)14(10)17/h2-8,18H,9H2,1H3,(H,19,20). The van der Waals surface area contributed by atoms with Crippen molar-refractivity contribution in [1.29, 1.82) is 0 Å². The summed E-state index contributed by atoms with van der Waals surface area (Å²) in [4.78, 5) is 11.1. The molecule has 0 aliphatic heterocycles. The zero-order valence-electron chi connectivity index (χ0n) is 11.3. The zero-order valence-corrected chi connectivity index (χ0v) is 12.8. The van der Waals surface area contributed by atoms with Gasteiger partial charge in [0, 0.05) is 17.9 Å². The third kappa shape index (κ3) is 4.28. The Morgan fingerprint density at radius 2 is 1.76 bits per heavy atom. The highest BCUT2D eigenvalue weighted by Gasteiger charge is 2.04. The van der Waals surface area contributed by atoms with Crippen LogP contribution in [-0.4, -0.2) is 13.2 Å². The number of carbonyl (C=O) groups is 1. The van der Waals surface area contributed by atoms with Crippen molar-refractivity contribution < 1.29 is 9.53 Å². The SMILES string of the molecule is COC(=O)Nc1ccc(NCc2cccc(Cl)c2Cl)cc1. The zero-order chi connectivity index (χ0) is 15.2. The quantitative estimate of drug-likeness (QED) is 0.850. The number of hydrogen-bond donors (Lipinski definition) is 2. The second kappa shape index (κ2) is 7.20. The van der Waals surface area contributed by atoms with Gasteiger partial charge >= 0.3 is 6.09 Å². The van der Waals surface area contributed by atoms with E-state index < -0.39 is 6.09 Å². The molecule has 2 rings (SSSR count). The molecule has 0 heterocycles. The summed E-state index contributed by atoms with van der Waals surface area (Å²) in [7, 11) is 1.32. The van der Waals surface area contributed by atoms with E-state index in [4.69, 9.17) is 23.2 Å². The van der Waals surface area contributed by atoms with Crippen LogP contribution in [0.2, 0.25) is 10.0 Å². The van der Waals surface area contributed by atoms with Crippen LogP contribution in [0.5, 0.6) is 0 Å². The van der Waals surface area contributed by atoms with Crippen molar-refractivity contribution in [2.75, 3.05) is 17.7 Å². The summed E-state index contributed by atoms with van der Waals surface area (Å²) in [5, 5.41) is 6.91. The molecule has 0 aliphatic carbocycles. The highest BCUT2D eigenvalue weighted by Crippen LogP contribution is 2.26. The average molecular weight is 325 g/mol. The van der Waals surface area contributed by atoms with Crippen LogP contribution < -0.4 is 10.6 Å². The molecule has 0 radical (unpaired) electrons. The fourth-order valence-corrected chi connectivity index (χ4v) is 2.11. The van der Waals surface area contributed by atoms with Gasteiger partial charge in [-0.25, -0.2) is 4.79 Å². The molecule has 0 fully saturated rings. The molecule has 2 aromatic carbocycles. The van der Waals surface area contributed by atoms with Gasteiger partial charge in [0.2, 0.25) is 0 Å². The molecule has 0 atom stereocenters. The highest BCUT2D eigenvalue weighted by molar-refractivity contribution is 6.42. The van der Waals surface area contributed by atoms with Gasteiger partial charge in [0.25, 0.3) is 0 Å². The maximum atomic E-state index is 11.1. The van der Waals surface area contributed by atoms with Crippen molar-refractivity contribution in [2.45, 2.75) is 6.54 Å². The molecule has 4 nitrogen and oxygen atoms in total. The Balaban J connectivity index is 1.97. The van der Waals surface area contributed by atoms with Gasteiger partial charge in [-0.3, -0.25) is 5.32 Å². The van der Waals surface area contributed by atoms with Crippen molar-refractivity contribution in [3.8, 4) is 0 Å². The number of rotatable bonds is 4. The molecule has 2 N–H and O–H groups in total. The predicted molar refractivity (Wildman–Crippen MR) is 86.3 cm³/mol. The topological polar surface area (TPSA) is 50.4 Å². The Hall–Kier alpha value is -1.91. The third-order valence-electron chi connectivity index (χ3n) is 2.83. The van der Waals surface area contributed by atoms with E-state index in [1.807, 2.05) is 24.3 Å². The van der Waals surface area contributed by atoms with E-state index >= 15 is 0 Å². The van der Waals surface area contributed by atoms with E-state index in [9.17, 15) is 4.79 Å². The molecule has 0 aliphatic rings. The molecule has 110 valence electrons. The monoisotopic (exact) mass is 324 g/mol. The van der Waals surface area contributed by atoms with Crippen LogP contribution in [0.4, 0.5) is 16.2 Å². The second-order valence-corrected chi connectivity index (χ2v) is 5.05. The van der Waals surface area contributed by atoms with Gasteiger partial charge in [-0.05, 0) is 35.9 Å². The molecule has 21 heavy (non-hydrogen) atoms. The summed E-state index contributed by atoms with van der Waals surface area (Å²) < 4.78 is 4.52. The van der Waals surface area contributed by atoms with Crippen LogP contribution in [-0.2, 0) is 11.3 Å². The van der Waals surface area contributed by atoms with Crippen molar-refractivity contribution in [1.82, 2.24) is 0 Å². The summed E-state index contributed by atoms with van der Waals surface area (Å²) in [6.07, 6.45) is -0.499. The van der Waals surface area contributed by atoms with E-state index in [1.54, 1.807) is 18.2 Å². The van der Waals surface area contributed by atoms with E-state index in [0.717, 1.165) is 11.3 Å². The van der Waals surface area contributed by atoms with Crippen LogP contribution in [0.15, 0.2) is 42.5 Å². The lowest BCUT2D eigenvalue weighted by Gasteiger charge is -2.10. The Morgan fingerprint density at radius 1 is 1.10 bits per heavy atom. The second-order valence-electron chi connectivity index (χ2n) is 4.26. The average Bonchev–Trinajstić information content (AvgIpc) is 2.50. The Labute approximate surface area is 133 Å². The Kier molecular flexibility index (Phi) is 5.31. The number of anilines is 2. The first kappa shape index (κ1) is 15.5. The fraction of sp³-hybridized carbons (Fsp3) is 0.133. The van der Waals surface area contributed by atoms with Crippen molar-refractivity contribution >= 4 is 40.7 Å². The molecule has 1 amide bonds. The van der Waals surface area contributed by atoms with Crippen molar-refractivity contribution in [2.24, 2.45) is 0 Å². The van der Waals surface area contributed by atoms with Gasteiger partial charge in [-0.15, -0.1) is 0 Å². The minimum atomic E-state index is -0.499. The number of benzene rings is 2. The first-order chi connectivity index (χ1) is 10.1. The lowest BCUT2D eigenvalue weighted by atomic mass is 10.2. The number of nitrogens with one attached hydrogen (secondary N) is 2. The van der Waals surface area contributed by atoms with Crippen LogP contribution in [0.1, 0.15) is 5.56 Å². The van der Waals surface area contributed by atoms with Crippen molar-refractivity contribution in [3.05, 3.63) is 58.1 Å². The van der Waals surface area contributed by atoms with E-state index in [-0.39, 0.29) is 0 Å². The molecule has 6 heteroatoms. The molecular formula is C15H14Cl2N2O2. The van der Waals surface area contributed by atoms with Crippen molar-refractivity contribution in [3.63, 3.8) is 0 Å². The molecule has 0 saturated heterocycles. The largest absolute Gasteiger partial charge is 0.453 e. The number of methoxy groups -OCH3 is 1. The summed E-state index contributed by atoms with van der Waals surface area (Å²) in [6.45, 7) is 0.559. The number of hydrogen-bond acceptors (Lipinski definition) is 3. The fourth-order valence-electron chi connectivity index (χ4n) is 1.72. The van der Waals surface area contributed by atoms with E-state index in [0.29, 0.717) is 22.3 Å². The van der Waals surface area contributed by atoms with Crippen LogP contribution >= 0.6 is 23.2 Å². The highest BCUT2D eigenvalue weighted by atomic mass is 35.5. The summed E-state index contributed by atoms with van der Waals surface area (Å²) in [5.41, 5.74) is 2.48. The molecule has 0 bridgehead atoms. The van der Waals surface area contributed by atoms with Gasteiger partial charge < -0.3 is 10.1 Å². The molecule has 0 aromatic heterocycles. The molecule has 2 aromatic rings. The lowest BCUT2D eigenvalue weighted by Crippen LogP contribution is -2.10. The number of amides is 1. The van der Waals surface area contributed by atoms with Gasteiger partial charge in [0.05, 0.1) is 17.2 Å². The van der Waals surface area contributed by atoms with Gasteiger partial charge in [-0.2, -0.15) is 0 Å². The smallest absolute Gasteiger partial charge is 0.411 e. The van der Waals surface area contributed by atoms with Crippen LogP contribution in [0.3, 0.4) is 0 Å². The number of halogens is 2. The van der Waals surface area contributed by atoms with Crippen LogP contribution in [0, 0.1) is 0 Å². The Morgan fingerprint density at radius 3 is 2.43 bits per heavy atom. The predicted octanol–water partition coefficient (Wildman–Crippen LogP) is 4.78. The summed E-state index contributed by atoms with van der Waals surface area (Å²) >= 11 is 12.1. The van der Waals surface area contributed by atoms with E-state index in [2.05, 4.69) is 15.4 Å². The van der Waals surface area contributed by atoms with Gasteiger partial charge in [0.1, 0.15) is 0 Å². The first-order valence-electron chi connectivity index (χ1n) is 6.22. The number of carbonyl (C=O) groups excluding carboxylic acids is 1. The van der Waals surface area contributed by atoms with E-state index in [1.165, 1.54) is 7.11 Å². The lowest BCUT2D eigenvalue weighted by molar-refractivity contribution is 0.187. The number of ether oxygens (including phenoxy) is 1. The summed E-state index contributed by atoms with van der Waals surface area (Å²) in [6, 6.07) is 12.8. The maximum Gasteiger partial charge on any atom is 0.411 e. The minimum Gasteiger partial charge on any atom is -0.453 e. The third-order valence-corrected chi connectivity index (χ3v) is 3.69. The molecule has 0 spiro atoms. The molecular weight excluding hydrogens is 311 g/mol. The normalized spacial score (nSPS) is 10.0. The maximum absolute atomic E-state index is 11.1. The Bertz CT molecular complexity index is 630. The molecule has 0 saturated carbocycles. The molecule has 0 unspecified atom stereocenters. The first-order valence-corrected chi connectivity index (χ1v) is 6.97. The minimum absolute atomic E-state index is 0.499. The van der Waals surface area contributed by atoms with Gasteiger partial charge in [-0.1, -0.05) is 35.3 Å². The van der Waals surface area contributed by atoms with Gasteiger partial charge in [0.15, 0.2) is 0 Å². The summed E-state index contributed by atoms with van der Waals surface area (Å²) in [5.74, 6) is 0.